The summed E-state index contributed by atoms with van der Waals surface area (Å²) in [6.45, 7) is 3.70. The summed E-state index contributed by atoms with van der Waals surface area (Å²) in [4.78, 5) is 6.25. The zero-order valence-electron chi connectivity index (χ0n) is 8.70. The van der Waals surface area contributed by atoms with Crippen LogP contribution in [0.2, 0.25) is 0 Å². The van der Waals surface area contributed by atoms with Gasteiger partial charge in [0.05, 0.1) is 5.84 Å². The molecule has 0 spiro atoms. The molecule has 0 fully saturated rings. The molecule has 0 aliphatic rings. The van der Waals surface area contributed by atoms with Crippen molar-refractivity contribution >= 4 is 11.8 Å². The maximum atomic E-state index is 7.14. The molecule has 1 heterocycles. The first-order chi connectivity index (χ1) is 6.65. The normalized spacial score (nSPS) is 10.1. The van der Waals surface area contributed by atoms with E-state index in [1.165, 1.54) is 0 Å². The third-order valence-corrected chi connectivity index (χ3v) is 2.09. The van der Waals surface area contributed by atoms with Crippen LogP contribution < -0.4 is 10.6 Å². The Balaban J connectivity index is 2.59. The molecule has 3 N–H and O–H groups in total. The van der Waals surface area contributed by atoms with Crippen molar-refractivity contribution in [1.82, 2.24) is 9.55 Å². The SMILES string of the molecule is CCn1ccnc1N(C)CCC(=N)N. The van der Waals surface area contributed by atoms with E-state index in [4.69, 9.17) is 11.1 Å². The number of hydrogen-bond acceptors (Lipinski definition) is 3. The van der Waals surface area contributed by atoms with Gasteiger partial charge in [-0.2, -0.15) is 0 Å². The first kappa shape index (κ1) is 10.6. The van der Waals surface area contributed by atoms with Gasteiger partial charge in [0.1, 0.15) is 0 Å². The van der Waals surface area contributed by atoms with Gasteiger partial charge in [-0.25, -0.2) is 4.98 Å². The topological polar surface area (TPSA) is 70.9 Å². The Morgan fingerprint density at radius 2 is 2.43 bits per heavy atom. The molecule has 1 aromatic rings. The first-order valence-corrected chi connectivity index (χ1v) is 4.70. The van der Waals surface area contributed by atoms with E-state index in [0.29, 0.717) is 6.42 Å². The van der Waals surface area contributed by atoms with Crippen LogP contribution in [0.25, 0.3) is 0 Å². The molecule has 0 bridgehead atoms. The molecular weight excluding hydrogens is 178 g/mol. The molecule has 1 rings (SSSR count). The van der Waals surface area contributed by atoms with E-state index < -0.39 is 0 Å². The predicted octanol–water partition coefficient (Wildman–Crippen LogP) is 0.665. The number of nitrogens with two attached hydrogens (primary N) is 1. The van der Waals surface area contributed by atoms with Crippen LogP contribution in [0.5, 0.6) is 0 Å². The number of aryl methyl sites for hydroxylation is 1. The van der Waals surface area contributed by atoms with Gasteiger partial charge < -0.3 is 15.2 Å². The molecule has 0 saturated carbocycles. The zero-order valence-corrected chi connectivity index (χ0v) is 8.70. The summed E-state index contributed by atoms with van der Waals surface area (Å²) in [6.07, 6.45) is 4.30. The summed E-state index contributed by atoms with van der Waals surface area (Å²) in [5.41, 5.74) is 5.29. The third-order valence-electron chi connectivity index (χ3n) is 2.09. The lowest BCUT2D eigenvalue weighted by atomic mass is 10.4. The molecule has 78 valence electrons. The highest BCUT2D eigenvalue weighted by atomic mass is 15.3. The summed E-state index contributed by atoms with van der Waals surface area (Å²) in [6, 6.07) is 0. The number of hydrogen-bond donors (Lipinski definition) is 2. The van der Waals surface area contributed by atoms with Gasteiger partial charge in [0.25, 0.3) is 0 Å². The van der Waals surface area contributed by atoms with E-state index >= 15 is 0 Å². The Labute approximate surface area is 84.0 Å². The minimum absolute atomic E-state index is 0.214. The third kappa shape index (κ3) is 2.48. The van der Waals surface area contributed by atoms with Gasteiger partial charge in [-0.3, -0.25) is 5.41 Å². The van der Waals surface area contributed by atoms with Crippen LogP contribution in [0.1, 0.15) is 13.3 Å². The van der Waals surface area contributed by atoms with Crippen molar-refractivity contribution in [2.45, 2.75) is 19.9 Å². The van der Waals surface area contributed by atoms with Crippen LogP contribution >= 0.6 is 0 Å². The number of amidine groups is 1. The highest BCUT2D eigenvalue weighted by Crippen LogP contribution is 2.09. The molecular formula is C9H17N5. The second kappa shape index (κ2) is 4.64. The van der Waals surface area contributed by atoms with Gasteiger partial charge in [0.15, 0.2) is 0 Å². The van der Waals surface area contributed by atoms with Gasteiger partial charge in [0, 0.05) is 39.0 Å². The van der Waals surface area contributed by atoms with Gasteiger partial charge in [0.2, 0.25) is 5.95 Å². The number of aromatic nitrogens is 2. The summed E-state index contributed by atoms with van der Waals surface area (Å²) in [7, 11) is 1.96. The lowest BCUT2D eigenvalue weighted by Gasteiger charge is -2.18. The Morgan fingerprint density at radius 3 is 3.00 bits per heavy atom. The average molecular weight is 195 g/mol. The highest BCUT2D eigenvalue weighted by Gasteiger charge is 2.06. The first-order valence-electron chi connectivity index (χ1n) is 4.70. The van der Waals surface area contributed by atoms with Crippen LogP contribution in [0, 0.1) is 5.41 Å². The molecule has 5 nitrogen and oxygen atoms in total. The van der Waals surface area contributed by atoms with E-state index in [1.807, 2.05) is 18.1 Å². The molecule has 0 unspecified atom stereocenters. The van der Waals surface area contributed by atoms with Crippen LogP contribution in [0.3, 0.4) is 0 Å². The van der Waals surface area contributed by atoms with E-state index in [1.54, 1.807) is 6.20 Å². The molecule has 0 atom stereocenters. The van der Waals surface area contributed by atoms with Crippen molar-refractivity contribution in [2.75, 3.05) is 18.5 Å². The quantitative estimate of drug-likeness (QED) is 0.535. The Bertz CT molecular complexity index is 304. The van der Waals surface area contributed by atoms with Gasteiger partial charge in [-0.1, -0.05) is 0 Å². The van der Waals surface area contributed by atoms with Crippen molar-refractivity contribution in [1.29, 1.82) is 5.41 Å². The standard InChI is InChI=1S/C9H17N5/c1-3-14-7-5-12-9(14)13(2)6-4-8(10)11/h5,7H,3-4,6H2,1-2H3,(H3,10,11). The van der Waals surface area contributed by atoms with Crippen molar-refractivity contribution in [3.05, 3.63) is 12.4 Å². The molecule has 0 aliphatic heterocycles. The number of rotatable bonds is 5. The van der Waals surface area contributed by atoms with Crippen molar-refractivity contribution < 1.29 is 0 Å². The minimum atomic E-state index is 0.214. The number of nitrogens with zero attached hydrogens (tertiary/aromatic N) is 3. The average Bonchev–Trinajstić information content (AvgIpc) is 2.61. The fourth-order valence-electron chi connectivity index (χ4n) is 1.27. The fraction of sp³-hybridized carbons (Fsp3) is 0.556. The van der Waals surface area contributed by atoms with Crippen molar-refractivity contribution in [2.24, 2.45) is 5.73 Å². The smallest absolute Gasteiger partial charge is 0.205 e. The summed E-state index contributed by atoms with van der Waals surface area (Å²) in [5, 5.41) is 7.14. The monoisotopic (exact) mass is 195 g/mol. The molecule has 1 aromatic heterocycles. The van der Waals surface area contributed by atoms with E-state index in [0.717, 1.165) is 19.0 Å². The van der Waals surface area contributed by atoms with Crippen LogP contribution in [0.15, 0.2) is 12.4 Å². The predicted molar refractivity (Wildman–Crippen MR) is 57.7 cm³/mol. The second-order valence-corrected chi connectivity index (χ2v) is 3.21. The summed E-state index contributed by atoms with van der Waals surface area (Å²) < 4.78 is 2.06. The zero-order chi connectivity index (χ0) is 10.6. The lowest BCUT2D eigenvalue weighted by Crippen LogP contribution is -2.26. The Kier molecular flexibility index (Phi) is 3.50. The molecule has 14 heavy (non-hydrogen) atoms. The second-order valence-electron chi connectivity index (χ2n) is 3.21. The minimum Gasteiger partial charge on any atom is -0.388 e. The maximum absolute atomic E-state index is 7.14. The number of anilines is 1. The van der Waals surface area contributed by atoms with Gasteiger partial charge in [-0.15, -0.1) is 0 Å². The van der Waals surface area contributed by atoms with Crippen LogP contribution in [-0.2, 0) is 6.54 Å². The molecule has 0 aliphatic carbocycles. The number of imidazole rings is 1. The van der Waals surface area contributed by atoms with E-state index in [-0.39, 0.29) is 5.84 Å². The van der Waals surface area contributed by atoms with Crippen LogP contribution in [0.4, 0.5) is 5.95 Å². The van der Waals surface area contributed by atoms with Gasteiger partial charge >= 0.3 is 0 Å². The summed E-state index contributed by atoms with van der Waals surface area (Å²) in [5.74, 6) is 1.14. The van der Waals surface area contributed by atoms with Crippen molar-refractivity contribution in [3.8, 4) is 0 Å². The van der Waals surface area contributed by atoms with Crippen molar-refractivity contribution in [3.63, 3.8) is 0 Å². The Morgan fingerprint density at radius 1 is 1.71 bits per heavy atom. The molecule has 0 amide bonds. The maximum Gasteiger partial charge on any atom is 0.205 e. The molecule has 5 heteroatoms. The van der Waals surface area contributed by atoms with E-state index in [2.05, 4.69) is 16.5 Å². The molecule has 0 aromatic carbocycles. The van der Waals surface area contributed by atoms with Crippen LogP contribution in [-0.4, -0.2) is 29.0 Å². The molecule has 0 radical (unpaired) electrons. The number of nitrogens with one attached hydrogen (secondary N) is 1. The highest BCUT2D eigenvalue weighted by molar-refractivity contribution is 5.77. The van der Waals surface area contributed by atoms with E-state index in [9.17, 15) is 0 Å². The summed E-state index contributed by atoms with van der Waals surface area (Å²) >= 11 is 0. The van der Waals surface area contributed by atoms with Gasteiger partial charge in [-0.05, 0) is 6.92 Å². The Hall–Kier alpha value is -1.52. The fourth-order valence-corrected chi connectivity index (χ4v) is 1.27. The molecule has 0 saturated heterocycles. The largest absolute Gasteiger partial charge is 0.388 e. The lowest BCUT2D eigenvalue weighted by molar-refractivity contribution is 0.727.